The third kappa shape index (κ3) is 3.67. The molecule has 0 aliphatic carbocycles. The highest BCUT2D eigenvalue weighted by atomic mass is 16.6. The van der Waals surface area contributed by atoms with Gasteiger partial charge in [-0.2, -0.15) is 0 Å². The molecule has 0 saturated heterocycles. The van der Waals surface area contributed by atoms with E-state index >= 15 is 0 Å². The lowest BCUT2D eigenvalue weighted by Crippen LogP contribution is -2.34. The number of nitro benzene ring substituents is 1. The molecule has 0 unspecified atom stereocenters. The predicted octanol–water partition coefficient (Wildman–Crippen LogP) is 2.30. The van der Waals surface area contributed by atoms with Gasteiger partial charge in [-0.1, -0.05) is 13.8 Å². The molecule has 1 rings (SSSR count). The first-order valence-corrected chi connectivity index (χ1v) is 6.20. The molecule has 1 aromatic rings. The van der Waals surface area contributed by atoms with Crippen LogP contribution in [0.25, 0.3) is 0 Å². The van der Waals surface area contributed by atoms with Crippen LogP contribution in [0.1, 0.15) is 31.1 Å². The predicted molar refractivity (Wildman–Crippen MR) is 73.9 cm³/mol. The second kappa shape index (κ2) is 6.17. The van der Waals surface area contributed by atoms with Crippen molar-refractivity contribution in [3.63, 3.8) is 0 Å². The van der Waals surface area contributed by atoms with Crippen molar-refractivity contribution in [3.05, 3.63) is 33.9 Å². The number of hydrogen-bond acceptors (Lipinski definition) is 4. The zero-order valence-corrected chi connectivity index (χ0v) is 11.4. The van der Waals surface area contributed by atoms with Crippen molar-refractivity contribution in [3.8, 4) is 0 Å². The molecule has 0 aliphatic heterocycles. The van der Waals surface area contributed by atoms with Gasteiger partial charge in [-0.05, 0) is 18.9 Å². The molecule has 0 spiro atoms. The Bertz CT molecular complexity index is 486. The minimum absolute atomic E-state index is 0.127. The van der Waals surface area contributed by atoms with Crippen molar-refractivity contribution in [1.29, 1.82) is 0 Å². The molecule has 0 radical (unpaired) electrons. The van der Waals surface area contributed by atoms with Crippen LogP contribution < -0.4 is 5.73 Å². The van der Waals surface area contributed by atoms with Gasteiger partial charge in [0, 0.05) is 30.9 Å². The van der Waals surface area contributed by atoms with Crippen molar-refractivity contribution in [2.24, 2.45) is 5.92 Å². The molecule has 2 N–H and O–H groups in total. The molecule has 19 heavy (non-hydrogen) atoms. The maximum Gasteiger partial charge on any atom is 0.270 e. The van der Waals surface area contributed by atoms with E-state index in [1.54, 1.807) is 4.90 Å². The van der Waals surface area contributed by atoms with Crippen LogP contribution in [0, 0.1) is 16.0 Å². The van der Waals surface area contributed by atoms with Crippen LogP contribution in [0.15, 0.2) is 18.2 Å². The first-order chi connectivity index (χ1) is 8.86. The molecular weight excluding hydrogens is 246 g/mol. The lowest BCUT2D eigenvalue weighted by Gasteiger charge is -2.23. The van der Waals surface area contributed by atoms with Gasteiger partial charge < -0.3 is 10.6 Å². The first kappa shape index (κ1) is 14.9. The molecule has 104 valence electrons. The Morgan fingerprint density at radius 1 is 1.47 bits per heavy atom. The SMILES string of the molecule is CCN(CC(C)C)C(=O)c1cc([N+](=O)[O-])ccc1N. The number of hydrogen-bond donors (Lipinski definition) is 1. The largest absolute Gasteiger partial charge is 0.398 e. The number of nitro groups is 1. The highest BCUT2D eigenvalue weighted by molar-refractivity contribution is 5.99. The number of amides is 1. The fourth-order valence-electron chi connectivity index (χ4n) is 1.81. The van der Waals surface area contributed by atoms with Gasteiger partial charge >= 0.3 is 0 Å². The fourth-order valence-corrected chi connectivity index (χ4v) is 1.81. The summed E-state index contributed by atoms with van der Waals surface area (Å²) in [6, 6.07) is 3.93. The average molecular weight is 265 g/mol. The first-order valence-electron chi connectivity index (χ1n) is 6.20. The Hall–Kier alpha value is -2.11. The van der Waals surface area contributed by atoms with Crippen LogP contribution >= 0.6 is 0 Å². The van der Waals surface area contributed by atoms with Crippen LogP contribution in [0.2, 0.25) is 0 Å². The summed E-state index contributed by atoms with van der Waals surface area (Å²) in [5.74, 6) is 0.0567. The zero-order chi connectivity index (χ0) is 14.6. The summed E-state index contributed by atoms with van der Waals surface area (Å²) >= 11 is 0. The number of anilines is 1. The molecule has 6 heteroatoms. The Morgan fingerprint density at radius 3 is 2.58 bits per heavy atom. The molecule has 0 aliphatic rings. The van der Waals surface area contributed by atoms with Gasteiger partial charge in [0.1, 0.15) is 0 Å². The van der Waals surface area contributed by atoms with Crippen LogP contribution in [0.5, 0.6) is 0 Å². The van der Waals surface area contributed by atoms with Gasteiger partial charge in [-0.25, -0.2) is 0 Å². The number of carbonyl (C=O) groups is 1. The monoisotopic (exact) mass is 265 g/mol. The van der Waals surface area contributed by atoms with E-state index in [4.69, 9.17) is 5.73 Å². The van der Waals surface area contributed by atoms with Gasteiger partial charge in [0.05, 0.1) is 10.5 Å². The second-order valence-corrected chi connectivity index (χ2v) is 4.77. The summed E-state index contributed by atoms with van der Waals surface area (Å²) in [5, 5.41) is 10.7. The minimum Gasteiger partial charge on any atom is -0.398 e. The van der Waals surface area contributed by atoms with Gasteiger partial charge in [0.25, 0.3) is 11.6 Å². The number of non-ortho nitro benzene ring substituents is 1. The number of nitrogen functional groups attached to an aromatic ring is 1. The van der Waals surface area contributed by atoms with Crippen LogP contribution in [-0.4, -0.2) is 28.8 Å². The van der Waals surface area contributed by atoms with E-state index in [1.807, 2.05) is 20.8 Å². The minimum atomic E-state index is -0.533. The normalized spacial score (nSPS) is 10.5. The molecule has 0 aromatic heterocycles. The molecule has 0 bridgehead atoms. The number of carbonyl (C=O) groups excluding carboxylic acids is 1. The van der Waals surface area contributed by atoms with E-state index in [1.165, 1.54) is 18.2 Å². The van der Waals surface area contributed by atoms with Crippen molar-refractivity contribution in [2.45, 2.75) is 20.8 Å². The highest BCUT2D eigenvalue weighted by Crippen LogP contribution is 2.21. The summed E-state index contributed by atoms with van der Waals surface area (Å²) in [6.45, 7) is 7.02. The quantitative estimate of drug-likeness (QED) is 0.502. The van der Waals surface area contributed by atoms with E-state index in [9.17, 15) is 14.9 Å². The maximum atomic E-state index is 12.3. The third-order valence-corrected chi connectivity index (χ3v) is 2.73. The van der Waals surface area contributed by atoms with Gasteiger partial charge in [0.2, 0.25) is 0 Å². The molecule has 0 fully saturated rings. The highest BCUT2D eigenvalue weighted by Gasteiger charge is 2.20. The number of benzene rings is 1. The molecule has 0 atom stereocenters. The van der Waals surface area contributed by atoms with Crippen molar-refractivity contribution in [2.75, 3.05) is 18.8 Å². The van der Waals surface area contributed by atoms with Crippen molar-refractivity contribution < 1.29 is 9.72 Å². The zero-order valence-electron chi connectivity index (χ0n) is 11.4. The lowest BCUT2D eigenvalue weighted by molar-refractivity contribution is -0.384. The molecule has 0 saturated carbocycles. The second-order valence-electron chi connectivity index (χ2n) is 4.77. The van der Waals surface area contributed by atoms with Crippen LogP contribution in [0.3, 0.4) is 0 Å². The molecule has 6 nitrogen and oxygen atoms in total. The van der Waals surface area contributed by atoms with E-state index in [0.717, 1.165) is 0 Å². The molecule has 0 heterocycles. The topological polar surface area (TPSA) is 89.5 Å². The van der Waals surface area contributed by atoms with Crippen molar-refractivity contribution in [1.82, 2.24) is 4.90 Å². The van der Waals surface area contributed by atoms with Crippen LogP contribution in [0.4, 0.5) is 11.4 Å². The summed E-state index contributed by atoms with van der Waals surface area (Å²) in [7, 11) is 0. The summed E-state index contributed by atoms with van der Waals surface area (Å²) in [4.78, 5) is 24.2. The Kier molecular flexibility index (Phi) is 4.86. The molecule has 1 amide bonds. The molecule has 1 aromatic carbocycles. The Morgan fingerprint density at radius 2 is 2.11 bits per heavy atom. The smallest absolute Gasteiger partial charge is 0.270 e. The fraction of sp³-hybridized carbons (Fsp3) is 0.462. The van der Waals surface area contributed by atoms with E-state index in [0.29, 0.717) is 19.0 Å². The number of nitrogens with two attached hydrogens (primary N) is 1. The Balaban J connectivity index is 3.09. The van der Waals surface area contributed by atoms with Gasteiger partial charge in [0.15, 0.2) is 0 Å². The van der Waals surface area contributed by atoms with E-state index in [2.05, 4.69) is 0 Å². The number of rotatable bonds is 5. The van der Waals surface area contributed by atoms with Gasteiger partial charge in [-0.3, -0.25) is 14.9 Å². The summed E-state index contributed by atoms with van der Waals surface area (Å²) < 4.78 is 0. The maximum absolute atomic E-state index is 12.3. The third-order valence-electron chi connectivity index (χ3n) is 2.73. The van der Waals surface area contributed by atoms with Crippen molar-refractivity contribution >= 4 is 17.3 Å². The average Bonchev–Trinajstić information content (AvgIpc) is 2.35. The van der Waals surface area contributed by atoms with E-state index < -0.39 is 4.92 Å². The Labute approximate surface area is 112 Å². The molecular formula is C13H19N3O3. The van der Waals surface area contributed by atoms with E-state index in [-0.39, 0.29) is 22.8 Å². The standard InChI is InChI=1S/C13H19N3O3/c1-4-15(8-9(2)3)13(17)11-7-10(16(18)19)5-6-12(11)14/h5-7,9H,4,8,14H2,1-3H3. The van der Waals surface area contributed by atoms with Gasteiger partial charge in [-0.15, -0.1) is 0 Å². The summed E-state index contributed by atoms with van der Waals surface area (Å²) in [6.07, 6.45) is 0. The lowest BCUT2D eigenvalue weighted by atomic mass is 10.1. The summed E-state index contributed by atoms with van der Waals surface area (Å²) in [5.41, 5.74) is 6.07. The van der Waals surface area contributed by atoms with Crippen LogP contribution in [-0.2, 0) is 0 Å². The number of nitrogens with zero attached hydrogens (tertiary/aromatic N) is 2.